The van der Waals surface area contributed by atoms with Gasteiger partial charge in [0, 0.05) is 17.8 Å². The number of furan rings is 1. The zero-order chi connectivity index (χ0) is 15.9. The Morgan fingerprint density at radius 3 is 3.00 bits per heavy atom. The lowest BCUT2D eigenvalue weighted by Crippen LogP contribution is -2.32. The lowest BCUT2D eigenvalue weighted by atomic mass is 10.1. The average molecular weight is 314 g/mol. The van der Waals surface area contributed by atoms with Crippen molar-refractivity contribution in [3.8, 4) is 5.75 Å². The van der Waals surface area contributed by atoms with Gasteiger partial charge in [0.15, 0.2) is 5.76 Å². The standard InChI is InChI=1S/C17H18N2O4/c1-12-9-21-17(23-12,10-19-6-5-18-11-19)16-8-13-7-14(20-2)3-4-15(13)22-16/h3-8,11-12H,9-10H2,1-2H3. The minimum absolute atomic E-state index is 0.00118. The van der Waals surface area contributed by atoms with Crippen LogP contribution in [0.2, 0.25) is 0 Å². The molecule has 1 aliphatic rings. The summed E-state index contributed by atoms with van der Waals surface area (Å²) in [6, 6.07) is 7.65. The van der Waals surface area contributed by atoms with Crippen LogP contribution in [0.5, 0.6) is 5.75 Å². The minimum atomic E-state index is -0.938. The highest BCUT2D eigenvalue weighted by Crippen LogP contribution is 2.39. The third-order valence-corrected chi connectivity index (χ3v) is 3.99. The Bertz CT molecular complexity index is 811. The van der Waals surface area contributed by atoms with Gasteiger partial charge in [-0.25, -0.2) is 4.98 Å². The first-order valence-corrected chi connectivity index (χ1v) is 7.54. The van der Waals surface area contributed by atoms with E-state index in [2.05, 4.69) is 4.98 Å². The number of fused-ring (bicyclic) bond motifs is 1. The number of aromatic nitrogens is 2. The lowest BCUT2D eigenvalue weighted by Gasteiger charge is -2.25. The van der Waals surface area contributed by atoms with Crippen molar-refractivity contribution in [2.45, 2.75) is 25.4 Å². The number of methoxy groups -OCH3 is 1. The Morgan fingerprint density at radius 1 is 1.39 bits per heavy atom. The molecule has 4 rings (SSSR count). The first-order chi connectivity index (χ1) is 11.2. The highest BCUT2D eigenvalue weighted by molar-refractivity contribution is 5.79. The zero-order valence-electron chi connectivity index (χ0n) is 13.1. The molecule has 6 nitrogen and oxygen atoms in total. The Morgan fingerprint density at radius 2 is 2.30 bits per heavy atom. The van der Waals surface area contributed by atoms with Crippen LogP contribution in [0, 0.1) is 0 Å². The monoisotopic (exact) mass is 314 g/mol. The van der Waals surface area contributed by atoms with Gasteiger partial charge in [0.1, 0.15) is 11.3 Å². The van der Waals surface area contributed by atoms with E-state index in [1.54, 1.807) is 19.6 Å². The maximum Gasteiger partial charge on any atom is 0.247 e. The van der Waals surface area contributed by atoms with Crippen LogP contribution < -0.4 is 4.74 Å². The molecule has 6 heteroatoms. The molecule has 1 aromatic carbocycles. The molecule has 3 heterocycles. The molecule has 0 bridgehead atoms. The molecule has 0 radical (unpaired) electrons. The molecule has 2 atom stereocenters. The maximum absolute atomic E-state index is 6.10. The molecule has 0 N–H and O–H groups in total. The molecule has 0 aliphatic carbocycles. The molecule has 3 aromatic rings. The molecule has 1 fully saturated rings. The van der Waals surface area contributed by atoms with Crippen molar-refractivity contribution in [2.75, 3.05) is 13.7 Å². The first-order valence-electron chi connectivity index (χ1n) is 7.54. The minimum Gasteiger partial charge on any atom is -0.497 e. The van der Waals surface area contributed by atoms with Gasteiger partial charge < -0.3 is 23.2 Å². The van der Waals surface area contributed by atoms with Crippen molar-refractivity contribution in [3.05, 3.63) is 48.7 Å². The third kappa shape index (κ3) is 2.50. The Kier molecular flexibility index (Phi) is 3.36. The SMILES string of the molecule is COc1ccc2oc(C3(Cn4ccnc4)OCC(C)O3)cc2c1. The number of hydrogen-bond donors (Lipinski definition) is 0. The van der Waals surface area contributed by atoms with Crippen LogP contribution >= 0.6 is 0 Å². The Balaban J connectivity index is 1.77. The van der Waals surface area contributed by atoms with E-state index in [1.165, 1.54) is 0 Å². The van der Waals surface area contributed by atoms with Crippen LogP contribution in [0.1, 0.15) is 12.7 Å². The molecule has 23 heavy (non-hydrogen) atoms. The number of imidazole rings is 1. The number of ether oxygens (including phenoxy) is 3. The molecule has 2 aromatic heterocycles. The number of rotatable bonds is 4. The van der Waals surface area contributed by atoms with E-state index in [0.29, 0.717) is 18.9 Å². The fourth-order valence-corrected chi connectivity index (χ4v) is 2.89. The van der Waals surface area contributed by atoms with E-state index in [0.717, 1.165) is 16.7 Å². The van der Waals surface area contributed by atoms with E-state index in [9.17, 15) is 0 Å². The summed E-state index contributed by atoms with van der Waals surface area (Å²) in [7, 11) is 1.65. The normalized spacial score (nSPS) is 24.3. The average Bonchev–Trinajstić information content (AvgIpc) is 3.27. The summed E-state index contributed by atoms with van der Waals surface area (Å²) in [5.74, 6) is 0.501. The van der Waals surface area contributed by atoms with Gasteiger partial charge in [0.25, 0.3) is 0 Å². The fourth-order valence-electron chi connectivity index (χ4n) is 2.89. The van der Waals surface area contributed by atoms with E-state index >= 15 is 0 Å². The second-order valence-corrected chi connectivity index (χ2v) is 5.74. The number of hydrogen-bond acceptors (Lipinski definition) is 5. The first kappa shape index (κ1) is 14.3. The van der Waals surface area contributed by atoms with Crippen molar-refractivity contribution in [3.63, 3.8) is 0 Å². The maximum atomic E-state index is 6.10. The summed E-state index contributed by atoms with van der Waals surface area (Å²) >= 11 is 0. The molecule has 2 unspecified atom stereocenters. The highest BCUT2D eigenvalue weighted by Gasteiger charge is 2.45. The molecule has 0 amide bonds. The Labute approximate surface area is 133 Å². The lowest BCUT2D eigenvalue weighted by molar-refractivity contribution is -0.196. The molecule has 0 saturated carbocycles. The van der Waals surface area contributed by atoms with Gasteiger partial charge in [-0.15, -0.1) is 0 Å². The van der Waals surface area contributed by atoms with Gasteiger partial charge >= 0.3 is 0 Å². The van der Waals surface area contributed by atoms with Gasteiger partial charge in [-0.3, -0.25) is 0 Å². The summed E-state index contributed by atoms with van der Waals surface area (Å²) in [4.78, 5) is 4.08. The van der Waals surface area contributed by atoms with Crippen LogP contribution in [0.15, 0.2) is 47.4 Å². The second kappa shape index (κ2) is 5.40. The van der Waals surface area contributed by atoms with E-state index in [1.807, 2.05) is 42.0 Å². The fraction of sp³-hybridized carbons (Fsp3) is 0.353. The van der Waals surface area contributed by atoms with E-state index in [4.69, 9.17) is 18.6 Å². The summed E-state index contributed by atoms with van der Waals surface area (Å²) in [5.41, 5.74) is 0.776. The van der Waals surface area contributed by atoms with Gasteiger partial charge in [-0.05, 0) is 31.2 Å². The van der Waals surface area contributed by atoms with Crippen LogP contribution in [0.4, 0.5) is 0 Å². The summed E-state index contributed by atoms with van der Waals surface area (Å²) < 4.78 is 25.3. The van der Waals surface area contributed by atoms with Crippen LogP contribution in [-0.2, 0) is 21.8 Å². The zero-order valence-corrected chi connectivity index (χ0v) is 13.1. The van der Waals surface area contributed by atoms with Crippen LogP contribution in [-0.4, -0.2) is 29.4 Å². The van der Waals surface area contributed by atoms with E-state index < -0.39 is 5.79 Å². The summed E-state index contributed by atoms with van der Waals surface area (Å²) in [5, 5.41) is 0.955. The topological polar surface area (TPSA) is 58.7 Å². The van der Waals surface area contributed by atoms with Gasteiger partial charge in [-0.1, -0.05) is 0 Å². The molecule has 1 saturated heterocycles. The quantitative estimate of drug-likeness (QED) is 0.741. The number of nitrogens with zero attached hydrogens (tertiary/aromatic N) is 2. The highest BCUT2D eigenvalue weighted by atomic mass is 16.8. The van der Waals surface area contributed by atoms with Gasteiger partial charge in [0.05, 0.1) is 32.7 Å². The second-order valence-electron chi connectivity index (χ2n) is 5.74. The van der Waals surface area contributed by atoms with Crippen LogP contribution in [0.3, 0.4) is 0 Å². The molecule has 0 spiro atoms. The largest absolute Gasteiger partial charge is 0.497 e. The van der Waals surface area contributed by atoms with Gasteiger partial charge in [0.2, 0.25) is 5.79 Å². The predicted molar refractivity (Wildman–Crippen MR) is 83.2 cm³/mol. The van der Waals surface area contributed by atoms with Crippen molar-refractivity contribution >= 4 is 11.0 Å². The van der Waals surface area contributed by atoms with Crippen molar-refractivity contribution in [2.24, 2.45) is 0 Å². The van der Waals surface area contributed by atoms with Gasteiger partial charge in [-0.2, -0.15) is 0 Å². The molecular weight excluding hydrogens is 296 g/mol. The van der Waals surface area contributed by atoms with Crippen molar-refractivity contribution in [1.82, 2.24) is 9.55 Å². The molecule has 120 valence electrons. The third-order valence-electron chi connectivity index (χ3n) is 3.99. The predicted octanol–water partition coefficient (Wildman–Crippen LogP) is 2.93. The van der Waals surface area contributed by atoms with Crippen molar-refractivity contribution in [1.29, 1.82) is 0 Å². The molecule has 1 aliphatic heterocycles. The van der Waals surface area contributed by atoms with Crippen LogP contribution in [0.25, 0.3) is 11.0 Å². The Hall–Kier alpha value is -2.31. The smallest absolute Gasteiger partial charge is 0.247 e. The summed E-state index contributed by atoms with van der Waals surface area (Å²) in [6.45, 7) is 2.99. The molecular formula is C17H18N2O4. The van der Waals surface area contributed by atoms with E-state index in [-0.39, 0.29) is 6.10 Å². The number of benzene rings is 1. The summed E-state index contributed by atoms with van der Waals surface area (Å²) in [6.07, 6.45) is 5.35. The van der Waals surface area contributed by atoms with Crippen molar-refractivity contribution < 1.29 is 18.6 Å².